The van der Waals surface area contributed by atoms with Crippen molar-refractivity contribution in [2.24, 2.45) is 7.05 Å². The molecule has 1 aromatic heterocycles. The topological polar surface area (TPSA) is 96.2 Å². The van der Waals surface area contributed by atoms with Crippen molar-refractivity contribution in [3.05, 3.63) is 18.0 Å². The number of nitrogens with one attached hydrogen (secondary N) is 2. The first kappa shape index (κ1) is 14.2. The number of rotatable bonds is 7. The second kappa shape index (κ2) is 6.75. The Morgan fingerprint density at radius 3 is 2.78 bits per heavy atom. The first-order chi connectivity index (χ1) is 8.54. The van der Waals surface area contributed by atoms with E-state index in [0.29, 0.717) is 5.56 Å². The van der Waals surface area contributed by atoms with Crippen LogP contribution < -0.4 is 10.6 Å². The molecule has 1 atom stereocenters. The van der Waals surface area contributed by atoms with E-state index in [1.54, 1.807) is 13.2 Å². The summed E-state index contributed by atoms with van der Waals surface area (Å²) in [4.78, 5) is 22.7. The number of aliphatic carboxylic acids is 1. The molecule has 100 valence electrons. The molecule has 1 rings (SSSR count). The van der Waals surface area contributed by atoms with Crippen molar-refractivity contribution < 1.29 is 14.7 Å². The zero-order valence-corrected chi connectivity index (χ0v) is 10.5. The summed E-state index contributed by atoms with van der Waals surface area (Å²) in [5, 5.41) is 18.3. The molecule has 0 fully saturated rings. The lowest BCUT2D eigenvalue weighted by Gasteiger charge is -2.13. The van der Waals surface area contributed by atoms with Crippen molar-refractivity contribution in [3.63, 3.8) is 0 Å². The van der Waals surface area contributed by atoms with Gasteiger partial charge in [-0.2, -0.15) is 5.10 Å². The lowest BCUT2D eigenvalue weighted by molar-refractivity contribution is -0.141. The van der Waals surface area contributed by atoms with Crippen molar-refractivity contribution in [2.75, 3.05) is 13.1 Å². The molecule has 1 heterocycles. The van der Waals surface area contributed by atoms with Crippen LogP contribution in [0, 0.1) is 0 Å². The molecule has 3 N–H and O–H groups in total. The molecular formula is C11H18N4O3. The molecule has 0 saturated heterocycles. The molecule has 18 heavy (non-hydrogen) atoms. The third-order valence-corrected chi connectivity index (χ3v) is 2.32. The molecule has 0 spiro atoms. The van der Waals surface area contributed by atoms with Gasteiger partial charge in [-0.1, -0.05) is 6.92 Å². The van der Waals surface area contributed by atoms with Gasteiger partial charge in [0.15, 0.2) is 6.04 Å². The van der Waals surface area contributed by atoms with Crippen molar-refractivity contribution in [2.45, 2.75) is 19.4 Å². The van der Waals surface area contributed by atoms with Gasteiger partial charge in [-0.05, 0) is 13.0 Å². The van der Waals surface area contributed by atoms with E-state index < -0.39 is 12.0 Å². The smallest absolute Gasteiger partial charge is 0.331 e. The fraction of sp³-hybridized carbons (Fsp3) is 0.545. The van der Waals surface area contributed by atoms with Gasteiger partial charge in [-0.3, -0.25) is 9.48 Å². The third kappa shape index (κ3) is 4.17. The zero-order valence-electron chi connectivity index (χ0n) is 10.5. The molecule has 0 aliphatic rings. The van der Waals surface area contributed by atoms with Gasteiger partial charge in [0.1, 0.15) is 0 Å². The summed E-state index contributed by atoms with van der Waals surface area (Å²) in [6, 6.07) is -1.06. The molecule has 7 heteroatoms. The Labute approximate surface area is 105 Å². The van der Waals surface area contributed by atoms with Gasteiger partial charge in [0.2, 0.25) is 5.91 Å². The van der Waals surface area contributed by atoms with Gasteiger partial charge in [0.25, 0.3) is 0 Å². The van der Waals surface area contributed by atoms with Gasteiger partial charge in [-0.25, -0.2) is 4.79 Å². The summed E-state index contributed by atoms with van der Waals surface area (Å²) in [6.07, 6.45) is 3.91. The van der Waals surface area contributed by atoms with Crippen molar-refractivity contribution >= 4 is 11.9 Å². The highest BCUT2D eigenvalue weighted by Crippen LogP contribution is 2.11. The molecule has 1 aromatic rings. The Morgan fingerprint density at radius 2 is 2.28 bits per heavy atom. The van der Waals surface area contributed by atoms with Gasteiger partial charge >= 0.3 is 5.97 Å². The predicted molar refractivity (Wildman–Crippen MR) is 64.9 cm³/mol. The summed E-state index contributed by atoms with van der Waals surface area (Å²) < 4.78 is 1.49. The van der Waals surface area contributed by atoms with Crippen LogP contribution in [0.4, 0.5) is 0 Å². The number of carboxylic acid groups (broad SMARTS) is 1. The Hall–Kier alpha value is -1.89. The Morgan fingerprint density at radius 1 is 1.56 bits per heavy atom. The minimum absolute atomic E-state index is 0.109. The maximum Gasteiger partial charge on any atom is 0.331 e. The predicted octanol–water partition coefficient (Wildman–Crippen LogP) is -0.338. The summed E-state index contributed by atoms with van der Waals surface area (Å²) in [5.74, 6) is -1.45. The van der Waals surface area contributed by atoms with Crippen LogP contribution in [0.2, 0.25) is 0 Å². The Kier molecular flexibility index (Phi) is 5.31. The summed E-state index contributed by atoms with van der Waals surface area (Å²) >= 11 is 0. The van der Waals surface area contributed by atoms with Gasteiger partial charge in [-0.15, -0.1) is 0 Å². The second-order valence-electron chi connectivity index (χ2n) is 3.96. The number of hydrogen-bond acceptors (Lipinski definition) is 4. The van der Waals surface area contributed by atoms with Crippen LogP contribution in [-0.4, -0.2) is 39.9 Å². The number of carboxylic acids is 1. The van der Waals surface area contributed by atoms with E-state index in [9.17, 15) is 9.59 Å². The average Bonchev–Trinajstić information content (AvgIpc) is 2.72. The minimum atomic E-state index is -1.10. The van der Waals surface area contributed by atoms with Crippen LogP contribution in [0.5, 0.6) is 0 Å². The van der Waals surface area contributed by atoms with Gasteiger partial charge < -0.3 is 15.7 Å². The van der Waals surface area contributed by atoms with E-state index in [4.69, 9.17) is 5.11 Å². The molecule has 0 radical (unpaired) electrons. The Balaban J connectivity index is 2.59. The highest BCUT2D eigenvalue weighted by atomic mass is 16.4. The van der Waals surface area contributed by atoms with Gasteiger partial charge in [0, 0.05) is 18.8 Å². The quantitative estimate of drug-likeness (QED) is 0.579. The maximum atomic E-state index is 11.5. The summed E-state index contributed by atoms with van der Waals surface area (Å²) in [6.45, 7) is 2.82. The number of amides is 1. The molecule has 0 bridgehead atoms. The summed E-state index contributed by atoms with van der Waals surface area (Å²) in [5.41, 5.74) is 0.453. The highest BCUT2D eigenvalue weighted by Gasteiger charge is 2.22. The lowest BCUT2D eigenvalue weighted by Crippen LogP contribution is -2.39. The number of aromatic nitrogens is 2. The zero-order chi connectivity index (χ0) is 13.5. The lowest BCUT2D eigenvalue weighted by atomic mass is 10.1. The van der Waals surface area contributed by atoms with E-state index in [1.807, 2.05) is 6.92 Å². The minimum Gasteiger partial charge on any atom is -0.479 e. The normalized spacial score (nSPS) is 12.1. The average molecular weight is 254 g/mol. The second-order valence-corrected chi connectivity index (χ2v) is 3.96. The number of carbonyl (C=O) groups is 2. The van der Waals surface area contributed by atoms with Crippen molar-refractivity contribution in [1.29, 1.82) is 0 Å². The van der Waals surface area contributed by atoms with E-state index in [-0.39, 0.29) is 12.5 Å². The fourth-order valence-electron chi connectivity index (χ4n) is 1.47. The van der Waals surface area contributed by atoms with E-state index in [1.165, 1.54) is 10.9 Å². The van der Waals surface area contributed by atoms with Crippen molar-refractivity contribution in [1.82, 2.24) is 20.4 Å². The van der Waals surface area contributed by atoms with Crippen LogP contribution in [0.25, 0.3) is 0 Å². The maximum absolute atomic E-state index is 11.5. The first-order valence-electron chi connectivity index (χ1n) is 5.76. The number of hydrogen-bond donors (Lipinski definition) is 3. The molecule has 0 aliphatic heterocycles. The fourth-order valence-corrected chi connectivity index (χ4v) is 1.47. The largest absolute Gasteiger partial charge is 0.479 e. The SMILES string of the molecule is CCCNCC(=O)NC(C(=O)O)c1cnn(C)c1. The molecule has 0 aliphatic carbocycles. The monoisotopic (exact) mass is 254 g/mol. The summed E-state index contributed by atoms with van der Waals surface area (Å²) in [7, 11) is 1.69. The van der Waals surface area contributed by atoms with E-state index in [2.05, 4.69) is 15.7 Å². The number of carbonyl (C=O) groups excluding carboxylic acids is 1. The standard InChI is InChI=1S/C11H18N4O3/c1-3-4-12-6-9(16)14-10(11(17)18)8-5-13-15(2)7-8/h5,7,10,12H,3-4,6H2,1-2H3,(H,14,16)(H,17,18). The van der Waals surface area contributed by atoms with Crippen LogP contribution in [0.3, 0.4) is 0 Å². The molecule has 0 aromatic carbocycles. The van der Waals surface area contributed by atoms with Gasteiger partial charge in [0.05, 0.1) is 12.7 Å². The number of aryl methyl sites for hydroxylation is 1. The van der Waals surface area contributed by atoms with Crippen LogP contribution >= 0.6 is 0 Å². The molecule has 1 amide bonds. The van der Waals surface area contributed by atoms with E-state index in [0.717, 1.165) is 13.0 Å². The molecule has 7 nitrogen and oxygen atoms in total. The van der Waals surface area contributed by atoms with Crippen LogP contribution in [-0.2, 0) is 16.6 Å². The van der Waals surface area contributed by atoms with Crippen LogP contribution in [0.1, 0.15) is 24.9 Å². The van der Waals surface area contributed by atoms with Crippen LogP contribution in [0.15, 0.2) is 12.4 Å². The first-order valence-corrected chi connectivity index (χ1v) is 5.76. The molecular weight excluding hydrogens is 236 g/mol. The highest BCUT2D eigenvalue weighted by molar-refractivity contribution is 5.85. The van der Waals surface area contributed by atoms with E-state index >= 15 is 0 Å². The third-order valence-electron chi connectivity index (χ3n) is 2.32. The molecule has 0 saturated carbocycles. The Bertz CT molecular complexity index is 416. The molecule has 1 unspecified atom stereocenters. The number of nitrogens with zero attached hydrogens (tertiary/aromatic N) is 2. The van der Waals surface area contributed by atoms with Crippen molar-refractivity contribution in [3.8, 4) is 0 Å².